The van der Waals surface area contributed by atoms with Gasteiger partial charge in [-0.15, -0.1) is 22.9 Å². The number of hydrogen-bond donors (Lipinski definition) is 0. The minimum atomic E-state index is -4.39. The summed E-state index contributed by atoms with van der Waals surface area (Å²) in [5, 5.41) is 1.96. The van der Waals surface area contributed by atoms with Crippen molar-refractivity contribution in [3.05, 3.63) is 51.7 Å². The van der Waals surface area contributed by atoms with E-state index in [1.54, 1.807) is 17.4 Å². The lowest BCUT2D eigenvalue weighted by Gasteiger charge is -2.24. The standard InChI is InChI=1S/C15H15ClF3NS/c1-2-20(10-13-4-3-7-21-13)12-6-5-11(9-16)14(8-12)15(17,18)19/h3-8H,2,9-10H2,1H3. The van der Waals surface area contributed by atoms with Crippen LogP contribution in [-0.4, -0.2) is 6.54 Å². The van der Waals surface area contributed by atoms with Gasteiger partial charge in [0, 0.05) is 23.0 Å². The molecule has 0 aliphatic heterocycles. The van der Waals surface area contributed by atoms with Gasteiger partial charge in [-0.3, -0.25) is 0 Å². The Morgan fingerprint density at radius 1 is 1.24 bits per heavy atom. The van der Waals surface area contributed by atoms with Gasteiger partial charge in [-0.05, 0) is 36.1 Å². The van der Waals surface area contributed by atoms with Crippen molar-refractivity contribution < 1.29 is 13.2 Å². The van der Waals surface area contributed by atoms with Crippen molar-refractivity contribution in [3.63, 3.8) is 0 Å². The summed E-state index contributed by atoms with van der Waals surface area (Å²) in [6, 6.07) is 8.26. The molecule has 0 spiro atoms. The van der Waals surface area contributed by atoms with Crippen LogP contribution in [0.5, 0.6) is 0 Å². The van der Waals surface area contributed by atoms with Gasteiger partial charge in [0.05, 0.1) is 12.1 Å². The summed E-state index contributed by atoms with van der Waals surface area (Å²) >= 11 is 7.20. The van der Waals surface area contributed by atoms with Crippen LogP contribution in [0.15, 0.2) is 35.7 Å². The van der Waals surface area contributed by atoms with Crippen LogP contribution in [0.3, 0.4) is 0 Å². The molecule has 0 aliphatic rings. The lowest BCUT2D eigenvalue weighted by molar-refractivity contribution is -0.138. The van der Waals surface area contributed by atoms with Crippen LogP contribution in [0.25, 0.3) is 0 Å². The first-order chi connectivity index (χ1) is 9.95. The Balaban J connectivity index is 2.33. The molecule has 2 rings (SSSR count). The van der Waals surface area contributed by atoms with E-state index in [-0.39, 0.29) is 11.4 Å². The average Bonchev–Trinajstić information content (AvgIpc) is 2.96. The summed E-state index contributed by atoms with van der Waals surface area (Å²) in [6.45, 7) is 3.16. The van der Waals surface area contributed by atoms with Gasteiger partial charge in [0.1, 0.15) is 0 Å². The van der Waals surface area contributed by atoms with E-state index in [9.17, 15) is 13.2 Å². The van der Waals surface area contributed by atoms with E-state index >= 15 is 0 Å². The van der Waals surface area contributed by atoms with Gasteiger partial charge in [0.2, 0.25) is 0 Å². The van der Waals surface area contributed by atoms with E-state index in [4.69, 9.17) is 11.6 Å². The molecule has 0 N–H and O–H groups in total. The molecular formula is C15H15ClF3NS. The predicted molar refractivity (Wildman–Crippen MR) is 82.0 cm³/mol. The predicted octanol–water partition coefficient (Wildman–Crippen LogP) is 5.53. The van der Waals surface area contributed by atoms with E-state index in [0.717, 1.165) is 4.88 Å². The van der Waals surface area contributed by atoms with Crippen molar-refractivity contribution in [1.29, 1.82) is 0 Å². The van der Waals surface area contributed by atoms with Gasteiger partial charge < -0.3 is 4.90 Å². The summed E-state index contributed by atoms with van der Waals surface area (Å²) in [5.74, 6) is -0.147. The van der Waals surface area contributed by atoms with Crippen LogP contribution < -0.4 is 4.90 Å². The Labute approximate surface area is 131 Å². The molecule has 0 fully saturated rings. The zero-order chi connectivity index (χ0) is 15.5. The molecule has 0 bridgehead atoms. The first-order valence-corrected chi connectivity index (χ1v) is 7.90. The number of nitrogens with zero attached hydrogens (tertiary/aromatic N) is 1. The SMILES string of the molecule is CCN(Cc1cccs1)c1ccc(CCl)c(C(F)(F)F)c1. The second kappa shape index (κ2) is 6.71. The second-order valence-electron chi connectivity index (χ2n) is 4.57. The Bertz CT molecular complexity index is 581. The fraction of sp³-hybridized carbons (Fsp3) is 0.333. The minimum absolute atomic E-state index is 0.111. The maximum absolute atomic E-state index is 13.1. The molecule has 1 aromatic carbocycles. The number of alkyl halides is 4. The van der Waals surface area contributed by atoms with Crippen molar-refractivity contribution in [1.82, 2.24) is 0 Å². The van der Waals surface area contributed by atoms with Gasteiger partial charge in [0.15, 0.2) is 0 Å². The molecule has 1 aromatic heterocycles. The summed E-state index contributed by atoms with van der Waals surface area (Å²) in [4.78, 5) is 3.03. The quantitative estimate of drug-likeness (QED) is 0.650. The molecule has 0 amide bonds. The van der Waals surface area contributed by atoms with Crippen molar-refractivity contribution in [3.8, 4) is 0 Å². The van der Waals surface area contributed by atoms with Crippen LogP contribution in [0.2, 0.25) is 0 Å². The molecule has 114 valence electrons. The van der Waals surface area contributed by atoms with Gasteiger partial charge in [-0.1, -0.05) is 12.1 Å². The Hall–Kier alpha value is -1.20. The molecular weight excluding hydrogens is 319 g/mol. The van der Waals surface area contributed by atoms with E-state index in [1.165, 1.54) is 12.1 Å². The molecule has 21 heavy (non-hydrogen) atoms. The van der Waals surface area contributed by atoms with Crippen molar-refractivity contribution >= 4 is 28.6 Å². The molecule has 0 unspecified atom stereocenters. The summed E-state index contributed by atoms with van der Waals surface area (Å²) in [5.41, 5.74) is 0.0202. The first kappa shape index (κ1) is 16.2. The Morgan fingerprint density at radius 2 is 2.00 bits per heavy atom. The van der Waals surface area contributed by atoms with Crippen LogP contribution in [0, 0.1) is 0 Å². The third-order valence-electron chi connectivity index (χ3n) is 3.22. The second-order valence-corrected chi connectivity index (χ2v) is 5.87. The van der Waals surface area contributed by atoms with Crippen LogP contribution >= 0.6 is 22.9 Å². The van der Waals surface area contributed by atoms with Gasteiger partial charge >= 0.3 is 6.18 Å². The molecule has 2 aromatic rings. The lowest BCUT2D eigenvalue weighted by atomic mass is 10.1. The number of hydrogen-bond acceptors (Lipinski definition) is 2. The molecule has 0 saturated heterocycles. The minimum Gasteiger partial charge on any atom is -0.367 e. The Morgan fingerprint density at radius 3 is 2.52 bits per heavy atom. The van der Waals surface area contributed by atoms with E-state index in [0.29, 0.717) is 18.8 Å². The van der Waals surface area contributed by atoms with Crippen LogP contribution in [-0.2, 0) is 18.6 Å². The fourth-order valence-corrected chi connectivity index (χ4v) is 3.07. The van der Waals surface area contributed by atoms with Crippen molar-refractivity contribution in [2.45, 2.75) is 25.5 Å². The normalized spacial score (nSPS) is 11.7. The van der Waals surface area contributed by atoms with Crippen LogP contribution in [0.4, 0.5) is 18.9 Å². The largest absolute Gasteiger partial charge is 0.416 e. The van der Waals surface area contributed by atoms with Crippen molar-refractivity contribution in [2.75, 3.05) is 11.4 Å². The Kier molecular flexibility index (Phi) is 5.17. The van der Waals surface area contributed by atoms with E-state index in [1.807, 2.05) is 29.3 Å². The highest BCUT2D eigenvalue weighted by Gasteiger charge is 2.33. The average molecular weight is 334 g/mol. The highest BCUT2D eigenvalue weighted by molar-refractivity contribution is 7.09. The molecule has 1 heterocycles. The third-order valence-corrected chi connectivity index (χ3v) is 4.37. The highest BCUT2D eigenvalue weighted by atomic mass is 35.5. The maximum Gasteiger partial charge on any atom is 0.416 e. The monoisotopic (exact) mass is 333 g/mol. The third kappa shape index (κ3) is 3.92. The molecule has 0 atom stereocenters. The molecule has 1 nitrogen and oxygen atoms in total. The smallest absolute Gasteiger partial charge is 0.367 e. The van der Waals surface area contributed by atoms with E-state index < -0.39 is 11.7 Å². The lowest BCUT2D eigenvalue weighted by Crippen LogP contribution is -2.22. The van der Waals surface area contributed by atoms with E-state index in [2.05, 4.69) is 0 Å². The number of benzene rings is 1. The maximum atomic E-state index is 13.1. The van der Waals surface area contributed by atoms with Gasteiger partial charge in [-0.25, -0.2) is 0 Å². The number of anilines is 1. The summed E-state index contributed by atoms with van der Waals surface area (Å²) in [6.07, 6.45) is -4.39. The molecule has 0 aliphatic carbocycles. The number of halogens is 4. The van der Waals surface area contributed by atoms with Crippen LogP contribution in [0.1, 0.15) is 22.9 Å². The zero-order valence-corrected chi connectivity index (χ0v) is 13.0. The first-order valence-electron chi connectivity index (χ1n) is 6.49. The zero-order valence-electron chi connectivity index (χ0n) is 11.5. The molecule has 6 heteroatoms. The van der Waals surface area contributed by atoms with Gasteiger partial charge in [0.25, 0.3) is 0 Å². The molecule has 0 radical (unpaired) electrons. The topological polar surface area (TPSA) is 3.24 Å². The number of thiophene rings is 1. The van der Waals surface area contributed by atoms with Gasteiger partial charge in [-0.2, -0.15) is 13.2 Å². The van der Waals surface area contributed by atoms with Crippen molar-refractivity contribution in [2.24, 2.45) is 0 Å². The summed E-state index contributed by atoms with van der Waals surface area (Å²) in [7, 11) is 0. The summed E-state index contributed by atoms with van der Waals surface area (Å²) < 4.78 is 39.3. The fourth-order valence-electron chi connectivity index (χ4n) is 2.12. The molecule has 0 saturated carbocycles. The number of rotatable bonds is 5. The highest BCUT2D eigenvalue weighted by Crippen LogP contribution is 2.35.